The van der Waals surface area contributed by atoms with Crippen molar-refractivity contribution < 1.29 is 8.78 Å². The van der Waals surface area contributed by atoms with Crippen molar-refractivity contribution in [2.24, 2.45) is 0 Å². The van der Waals surface area contributed by atoms with Crippen molar-refractivity contribution in [3.8, 4) is 119 Å². The minimum Gasteiger partial charge on any atom is -0.308 e. The zero-order valence-electron chi connectivity index (χ0n) is 43.0. The molecule has 14 rings (SSSR count). The van der Waals surface area contributed by atoms with E-state index in [4.69, 9.17) is 44.9 Å². The number of hydrogen-bond acceptors (Lipinski definition) is 9. The summed E-state index contributed by atoms with van der Waals surface area (Å²) in [5.74, 6) is 2.84. The van der Waals surface area contributed by atoms with E-state index in [1.54, 1.807) is 0 Å². The van der Waals surface area contributed by atoms with Crippen LogP contribution in [-0.4, -0.2) is 49.4 Å². The van der Waals surface area contributed by atoms with E-state index in [-0.39, 0.29) is 0 Å². The molecule has 4 aromatic heterocycles. The lowest BCUT2D eigenvalue weighted by Crippen LogP contribution is -2.04. The zero-order chi connectivity index (χ0) is 54.2. The molecule has 382 valence electrons. The minimum atomic E-state index is -0.704. The van der Waals surface area contributed by atoms with Gasteiger partial charge in [0.2, 0.25) is 0 Å². The molecule has 0 spiro atoms. The average Bonchev–Trinajstić information content (AvgIpc) is 4.13. The third kappa shape index (κ3) is 9.52. The molecule has 14 aromatic rings. The molecule has 4 heterocycles. The maximum atomic E-state index is 15.2. The highest BCUT2D eigenvalue weighted by Gasteiger charge is 2.24. The Bertz CT molecular complexity index is 4270. The van der Waals surface area contributed by atoms with E-state index < -0.39 is 11.6 Å². The first kappa shape index (κ1) is 48.3. The van der Waals surface area contributed by atoms with Gasteiger partial charge in [0.1, 0.15) is 11.6 Å². The number of nitrogens with zero attached hydrogens (tertiary/aromatic N) is 10. The Balaban J connectivity index is 1.07. The summed E-state index contributed by atoms with van der Waals surface area (Å²) in [6.45, 7) is 0. The first-order valence-corrected chi connectivity index (χ1v) is 26.2. The maximum Gasteiger partial charge on any atom is 0.166 e. The van der Waals surface area contributed by atoms with Crippen LogP contribution in [0.3, 0.4) is 0 Å². The fourth-order valence-corrected chi connectivity index (χ4v) is 10.2. The largest absolute Gasteiger partial charge is 0.308 e. The molecule has 12 heteroatoms. The second kappa shape index (κ2) is 20.7. The second-order valence-corrected chi connectivity index (χ2v) is 19.3. The van der Waals surface area contributed by atoms with Gasteiger partial charge in [-0.1, -0.05) is 212 Å². The molecule has 0 aliphatic heterocycles. The van der Waals surface area contributed by atoms with Gasteiger partial charge in [-0.15, -0.1) is 0 Å². The molecule has 0 N–H and O–H groups in total. The van der Waals surface area contributed by atoms with Gasteiger partial charge in [0.15, 0.2) is 52.4 Å². The van der Waals surface area contributed by atoms with E-state index in [0.29, 0.717) is 74.8 Å². The van der Waals surface area contributed by atoms with E-state index >= 15 is 8.78 Å². The molecule has 0 aliphatic rings. The monoisotopic (exact) mass is 1050 g/mol. The fraction of sp³-hybridized carbons (Fsp3) is 0. The van der Waals surface area contributed by atoms with Crippen molar-refractivity contribution in [1.82, 2.24) is 49.4 Å². The third-order valence-corrected chi connectivity index (χ3v) is 14.1. The number of halogens is 2. The predicted molar refractivity (Wildman–Crippen MR) is 315 cm³/mol. The number of aromatic nitrogens is 10. The van der Waals surface area contributed by atoms with Crippen molar-refractivity contribution in [3.63, 3.8) is 0 Å². The van der Waals surface area contributed by atoms with Gasteiger partial charge in [0, 0.05) is 66.9 Å². The van der Waals surface area contributed by atoms with Crippen LogP contribution in [-0.2, 0) is 0 Å². The van der Waals surface area contributed by atoms with Gasteiger partial charge in [0.05, 0.1) is 16.7 Å². The van der Waals surface area contributed by atoms with Gasteiger partial charge in [-0.05, 0) is 47.5 Å². The number of hydrogen-bond donors (Lipinski definition) is 0. The highest BCUT2D eigenvalue weighted by atomic mass is 19.1. The topological polar surface area (TPSA) is 121 Å². The second-order valence-electron chi connectivity index (χ2n) is 19.3. The Kier molecular flexibility index (Phi) is 12.3. The fourth-order valence-electron chi connectivity index (χ4n) is 10.2. The van der Waals surface area contributed by atoms with Gasteiger partial charge >= 0.3 is 0 Å². The van der Waals surface area contributed by atoms with Gasteiger partial charge in [-0.25, -0.2) is 53.6 Å². The van der Waals surface area contributed by atoms with Gasteiger partial charge in [-0.3, -0.25) is 0 Å². The molecule has 0 saturated heterocycles. The van der Waals surface area contributed by atoms with Crippen LogP contribution in [0.2, 0.25) is 0 Å². The summed E-state index contributed by atoms with van der Waals surface area (Å²) in [6.07, 6.45) is 0. The molecule has 0 fully saturated rings. The van der Waals surface area contributed by atoms with Crippen molar-refractivity contribution in [2.45, 2.75) is 0 Å². The lowest BCUT2D eigenvalue weighted by atomic mass is 10.0. The van der Waals surface area contributed by atoms with Crippen LogP contribution in [0.25, 0.3) is 141 Å². The molecular weight excluding hydrogens is 1010 g/mol. The van der Waals surface area contributed by atoms with Crippen LogP contribution in [0, 0.1) is 11.6 Å². The summed E-state index contributed by atoms with van der Waals surface area (Å²) in [5, 5.41) is 1.83. The van der Waals surface area contributed by atoms with Gasteiger partial charge < -0.3 is 4.57 Å². The Morgan fingerprint density at radius 1 is 0.222 bits per heavy atom. The SMILES string of the molecule is Fc1cc(F)cc(-c2ccc(-n3c4cc(-c5nc(-c6ccccc6)nc(-c6ccccc6)n5)ccc4c4ccc(-c5nc(-c6ccccc6)nc(-c6ccccc6)n5)cc43)c(-c3nc(-c4ccccc4)nc(-c4ccccc4)n3)c2)c1. The summed E-state index contributed by atoms with van der Waals surface area (Å²) >= 11 is 0. The number of benzene rings is 10. The molecule has 0 amide bonds. The van der Waals surface area contributed by atoms with Crippen LogP contribution in [0.15, 0.2) is 255 Å². The molecule has 10 nitrogen and oxygen atoms in total. The van der Waals surface area contributed by atoms with Crippen molar-refractivity contribution in [1.29, 1.82) is 0 Å². The Morgan fingerprint density at radius 2 is 0.506 bits per heavy atom. The van der Waals surface area contributed by atoms with Crippen molar-refractivity contribution >= 4 is 21.8 Å². The van der Waals surface area contributed by atoms with E-state index in [9.17, 15) is 0 Å². The van der Waals surface area contributed by atoms with E-state index in [1.807, 2.05) is 212 Å². The Labute approximate surface area is 463 Å². The van der Waals surface area contributed by atoms with Crippen LogP contribution < -0.4 is 0 Å². The first-order valence-electron chi connectivity index (χ1n) is 26.2. The quantitative estimate of drug-likeness (QED) is 0.125. The maximum absolute atomic E-state index is 15.2. The molecule has 0 radical (unpaired) electrons. The van der Waals surface area contributed by atoms with E-state index in [2.05, 4.69) is 28.8 Å². The first-order chi connectivity index (χ1) is 39.9. The third-order valence-electron chi connectivity index (χ3n) is 14.1. The normalized spacial score (nSPS) is 11.3. The minimum absolute atomic E-state index is 0.327. The molecule has 0 unspecified atom stereocenters. The van der Waals surface area contributed by atoms with Gasteiger partial charge in [0.25, 0.3) is 0 Å². The number of rotatable bonds is 11. The smallest absolute Gasteiger partial charge is 0.166 e. The summed E-state index contributed by atoms with van der Waals surface area (Å²) in [5.41, 5.74) is 10.1. The number of fused-ring (bicyclic) bond motifs is 3. The molecule has 0 aliphatic carbocycles. The zero-order valence-corrected chi connectivity index (χ0v) is 43.0. The summed E-state index contributed by atoms with van der Waals surface area (Å²) in [7, 11) is 0. The lowest BCUT2D eigenvalue weighted by Gasteiger charge is -2.17. The van der Waals surface area contributed by atoms with Crippen LogP contribution in [0.5, 0.6) is 0 Å². The van der Waals surface area contributed by atoms with Crippen molar-refractivity contribution in [2.75, 3.05) is 0 Å². The van der Waals surface area contributed by atoms with Crippen LogP contribution in [0.1, 0.15) is 0 Å². The average molecular weight is 1050 g/mol. The lowest BCUT2D eigenvalue weighted by molar-refractivity contribution is 0.584. The highest BCUT2D eigenvalue weighted by Crippen LogP contribution is 2.41. The Hall–Kier alpha value is -11.1. The molecule has 0 bridgehead atoms. The van der Waals surface area contributed by atoms with Crippen LogP contribution in [0.4, 0.5) is 8.78 Å². The molecular formula is C69H42F2N10. The molecule has 0 atom stereocenters. The Morgan fingerprint density at radius 3 is 0.827 bits per heavy atom. The summed E-state index contributed by atoms with van der Waals surface area (Å²) in [6, 6.07) is 80.6. The standard InChI is InChI=1S/C69H42F2N10/c70-53-37-52(38-54(71)42-53)49-33-36-58(57(39-49)69-79-65(47-27-15-5-16-28-47)74-66(80-69)48-29-17-6-18-30-48)81-59-40-50(67-75-61(43-19-7-1-8-20-43)72-62(76-67)44-21-9-2-10-22-44)31-34-55(59)56-35-32-51(41-60(56)81)68-77-63(45-23-11-3-12-24-45)73-64(78-68)46-25-13-4-14-26-46/h1-42H. The van der Waals surface area contributed by atoms with Crippen LogP contribution >= 0.6 is 0 Å². The van der Waals surface area contributed by atoms with E-state index in [1.165, 1.54) is 12.1 Å². The molecule has 0 saturated carbocycles. The molecule has 10 aromatic carbocycles. The highest BCUT2D eigenvalue weighted by molar-refractivity contribution is 6.11. The summed E-state index contributed by atoms with van der Waals surface area (Å²) in [4.78, 5) is 46.1. The predicted octanol–water partition coefficient (Wildman–Crippen LogP) is 16.3. The van der Waals surface area contributed by atoms with Gasteiger partial charge in [-0.2, -0.15) is 0 Å². The summed E-state index contributed by atoms with van der Waals surface area (Å²) < 4.78 is 32.6. The van der Waals surface area contributed by atoms with E-state index in [0.717, 1.165) is 72.4 Å². The van der Waals surface area contributed by atoms with Crippen molar-refractivity contribution in [3.05, 3.63) is 266 Å². The molecule has 81 heavy (non-hydrogen) atoms.